The average molecular weight is 350 g/mol. The highest BCUT2D eigenvalue weighted by atomic mass is 35.5. The minimum absolute atomic E-state index is 0.0255. The van der Waals surface area contributed by atoms with E-state index in [0.717, 1.165) is 5.56 Å². The van der Waals surface area contributed by atoms with Crippen LogP contribution in [-0.4, -0.2) is 25.2 Å². The molecule has 0 aromatic heterocycles. The molecule has 0 aliphatic rings. The van der Waals surface area contributed by atoms with E-state index in [1.54, 1.807) is 26.4 Å². The zero-order chi connectivity index (χ0) is 17.7. The number of rotatable bonds is 6. The zero-order valence-corrected chi connectivity index (χ0v) is 14.6. The van der Waals surface area contributed by atoms with Gasteiger partial charge in [-0.2, -0.15) is 0 Å². The molecule has 1 atom stereocenters. The molecule has 0 aliphatic heterocycles. The molecule has 0 aliphatic carbocycles. The smallest absolute Gasteiger partial charge is 0.225 e. The van der Waals surface area contributed by atoms with Gasteiger partial charge in [-0.1, -0.05) is 24.6 Å². The summed E-state index contributed by atoms with van der Waals surface area (Å²) >= 11 is 5.88. The van der Waals surface area contributed by atoms with Gasteiger partial charge in [0.2, 0.25) is 5.91 Å². The number of halogens is 1. The number of aromatic hydroxyl groups is 1. The maximum absolute atomic E-state index is 12.3. The molecule has 5 nitrogen and oxygen atoms in total. The average Bonchev–Trinajstić information content (AvgIpc) is 2.57. The van der Waals surface area contributed by atoms with Crippen molar-refractivity contribution in [1.82, 2.24) is 0 Å². The van der Waals surface area contributed by atoms with Gasteiger partial charge in [-0.15, -0.1) is 0 Å². The first-order valence-electron chi connectivity index (χ1n) is 7.45. The molecule has 2 rings (SSSR count). The van der Waals surface area contributed by atoms with Crippen molar-refractivity contribution in [1.29, 1.82) is 0 Å². The Morgan fingerprint density at radius 2 is 1.96 bits per heavy atom. The van der Waals surface area contributed by atoms with E-state index in [0.29, 0.717) is 22.2 Å². The van der Waals surface area contributed by atoms with E-state index < -0.39 is 0 Å². The SMILES string of the molecule is COc1ccc(C(C)CC(=O)Nc2cc(Cl)ccc2O)c(OC)c1. The summed E-state index contributed by atoms with van der Waals surface area (Å²) in [6.45, 7) is 1.93. The molecular weight excluding hydrogens is 330 g/mol. The third-order valence-corrected chi connectivity index (χ3v) is 3.93. The van der Waals surface area contributed by atoms with E-state index in [-0.39, 0.29) is 24.0 Å². The number of anilines is 1. The number of nitrogens with one attached hydrogen (secondary N) is 1. The summed E-state index contributed by atoms with van der Waals surface area (Å²) in [5.74, 6) is 1.03. The number of amides is 1. The molecule has 0 fully saturated rings. The van der Waals surface area contributed by atoms with Gasteiger partial charge in [-0.25, -0.2) is 0 Å². The lowest BCUT2D eigenvalue weighted by molar-refractivity contribution is -0.116. The van der Waals surface area contributed by atoms with Crippen molar-refractivity contribution in [2.24, 2.45) is 0 Å². The number of phenols is 1. The van der Waals surface area contributed by atoms with Crippen LogP contribution < -0.4 is 14.8 Å². The van der Waals surface area contributed by atoms with E-state index in [1.165, 1.54) is 12.1 Å². The van der Waals surface area contributed by atoms with Crippen LogP contribution in [0, 0.1) is 0 Å². The number of carbonyl (C=O) groups is 1. The minimum atomic E-state index is -0.224. The van der Waals surface area contributed by atoms with Gasteiger partial charge in [0.1, 0.15) is 17.2 Å². The Balaban J connectivity index is 2.10. The summed E-state index contributed by atoms with van der Waals surface area (Å²) in [6, 6.07) is 9.99. The highest BCUT2D eigenvalue weighted by Crippen LogP contribution is 2.33. The molecule has 2 N–H and O–H groups in total. The Labute approximate surface area is 146 Å². The van der Waals surface area contributed by atoms with Crippen LogP contribution in [0.2, 0.25) is 5.02 Å². The molecule has 0 bridgehead atoms. The van der Waals surface area contributed by atoms with Crippen LogP contribution >= 0.6 is 11.6 Å². The van der Waals surface area contributed by atoms with Gasteiger partial charge in [-0.3, -0.25) is 4.79 Å². The summed E-state index contributed by atoms with van der Waals surface area (Å²) in [4.78, 5) is 12.3. The van der Waals surface area contributed by atoms with Gasteiger partial charge in [-0.05, 0) is 35.7 Å². The number of hydrogen-bond donors (Lipinski definition) is 2. The number of benzene rings is 2. The molecule has 0 saturated carbocycles. The summed E-state index contributed by atoms with van der Waals surface area (Å²) in [6.07, 6.45) is 0.231. The van der Waals surface area contributed by atoms with Crippen LogP contribution in [0.5, 0.6) is 17.2 Å². The van der Waals surface area contributed by atoms with Gasteiger partial charge < -0.3 is 19.9 Å². The Morgan fingerprint density at radius 3 is 2.62 bits per heavy atom. The lowest BCUT2D eigenvalue weighted by atomic mass is 9.96. The minimum Gasteiger partial charge on any atom is -0.506 e. The Hall–Kier alpha value is -2.40. The number of hydrogen-bond acceptors (Lipinski definition) is 4. The van der Waals surface area contributed by atoms with Crippen LogP contribution in [0.3, 0.4) is 0 Å². The van der Waals surface area contributed by atoms with Crippen molar-refractivity contribution in [2.75, 3.05) is 19.5 Å². The topological polar surface area (TPSA) is 67.8 Å². The second-order valence-corrected chi connectivity index (χ2v) is 5.86. The molecule has 24 heavy (non-hydrogen) atoms. The number of ether oxygens (including phenoxy) is 2. The maximum atomic E-state index is 12.3. The maximum Gasteiger partial charge on any atom is 0.225 e. The van der Waals surface area contributed by atoms with Crippen molar-refractivity contribution in [3.8, 4) is 17.2 Å². The van der Waals surface area contributed by atoms with Gasteiger partial charge in [0.15, 0.2) is 0 Å². The third-order valence-electron chi connectivity index (χ3n) is 3.70. The number of carbonyl (C=O) groups excluding carboxylic acids is 1. The van der Waals surface area contributed by atoms with Crippen LogP contribution in [-0.2, 0) is 4.79 Å². The summed E-state index contributed by atoms with van der Waals surface area (Å²) < 4.78 is 10.6. The molecule has 1 amide bonds. The van der Waals surface area contributed by atoms with E-state index >= 15 is 0 Å². The van der Waals surface area contributed by atoms with Gasteiger partial charge in [0.25, 0.3) is 0 Å². The molecular formula is C18H20ClNO4. The van der Waals surface area contributed by atoms with Crippen LogP contribution in [0.1, 0.15) is 24.8 Å². The van der Waals surface area contributed by atoms with Crippen LogP contribution in [0.15, 0.2) is 36.4 Å². The van der Waals surface area contributed by atoms with E-state index in [9.17, 15) is 9.90 Å². The highest BCUT2D eigenvalue weighted by Gasteiger charge is 2.17. The van der Waals surface area contributed by atoms with E-state index in [4.69, 9.17) is 21.1 Å². The molecule has 0 saturated heterocycles. The van der Waals surface area contributed by atoms with Gasteiger partial charge in [0.05, 0.1) is 19.9 Å². The first kappa shape index (κ1) is 17.9. The van der Waals surface area contributed by atoms with Gasteiger partial charge in [0, 0.05) is 17.5 Å². The summed E-state index contributed by atoms with van der Waals surface area (Å²) in [5, 5.41) is 12.9. The fraction of sp³-hybridized carbons (Fsp3) is 0.278. The van der Waals surface area contributed by atoms with Crippen molar-refractivity contribution in [2.45, 2.75) is 19.3 Å². The molecule has 0 radical (unpaired) electrons. The standard InChI is InChI=1S/C18H20ClNO4/c1-11(14-6-5-13(23-2)10-17(14)24-3)8-18(22)20-15-9-12(19)4-7-16(15)21/h4-7,9-11,21H,8H2,1-3H3,(H,20,22). The second kappa shape index (κ2) is 7.93. The van der Waals surface area contributed by atoms with E-state index in [2.05, 4.69) is 5.32 Å². The Kier molecular flexibility index (Phi) is 5.93. The molecule has 1 unspecified atom stereocenters. The number of phenolic OH excluding ortho intramolecular Hbond substituents is 1. The van der Waals surface area contributed by atoms with Crippen LogP contribution in [0.25, 0.3) is 0 Å². The summed E-state index contributed by atoms with van der Waals surface area (Å²) in [7, 11) is 3.16. The third kappa shape index (κ3) is 4.32. The quantitative estimate of drug-likeness (QED) is 0.767. The predicted octanol–water partition coefficient (Wildman–Crippen LogP) is 4.20. The lowest BCUT2D eigenvalue weighted by Gasteiger charge is -2.16. The molecule has 2 aromatic rings. The van der Waals surface area contributed by atoms with Crippen molar-refractivity contribution < 1.29 is 19.4 Å². The second-order valence-electron chi connectivity index (χ2n) is 5.42. The summed E-state index contributed by atoms with van der Waals surface area (Å²) in [5.41, 5.74) is 1.20. The highest BCUT2D eigenvalue weighted by molar-refractivity contribution is 6.31. The number of methoxy groups -OCH3 is 2. The molecule has 2 aromatic carbocycles. The van der Waals surface area contributed by atoms with Crippen LogP contribution in [0.4, 0.5) is 5.69 Å². The molecule has 0 heterocycles. The predicted molar refractivity (Wildman–Crippen MR) is 94.3 cm³/mol. The first-order valence-corrected chi connectivity index (χ1v) is 7.82. The van der Waals surface area contributed by atoms with Crippen molar-refractivity contribution in [3.63, 3.8) is 0 Å². The fourth-order valence-electron chi connectivity index (χ4n) is 2.42. The van der Waals surface area contributed by atoms with Crippen molar-refractivity contribution in [3.05, 3.63) is 47.0 Å². The molecule has 128 valence electrons. The normalized spacial score (nSPS) is 11.7. The van der Waals surface area contributed by atoms with E-state index in [1.807, 2.05) is 19.1 Å². The first-order chi connectivity index (χ1) is 11.4. The fourth-order valence-corrected chi connectivity index (χ4v) is 2.60. The lowest BCUT2D eigenvalue weighted by Crippen LogP contribution is -2.15. The molecule has 6 heteroatoms. The van der Waals surface area contributed by atoms with Crippen molar-refractivity contribution >= 4 is 23.2 Å². The monoisotopic (exact) mass is 349 g/mol. The zero-order valence-electron chi connectivity index (χ0n) is 13.8. The Morgan fingerprint density at radius 1 is 1.21 bits per heavy atom. The largest absolute Gasteiger partial charge is 0.506 e. The molecule has 0 spiro atoms. The Bertz CT molecular complexity index is 733. The van der Waals surface area contributed by atoms with Gasteiger partial charge >= 0.3 is 0 Å².